The number of aliphatic hydroxyl groups excluding tert-OH is 1. The summed E-state index contributed by atoms with van der Waals surface area (Å²) in [6.45, 7) is -10.1. The Labute approximate surface area is 173 Å². The SMILES string of the molecule is CO[C@@H]1[C@H](O)[C@@H](COP(=O)(O)SP(=O)(O)O)O[C@H]1N1CN(C)c2c1nc(N)[nH]c2=O. The molecular weight excluding hydrogens is 468 g/mol. The number of nitrogens with two attached hydrogens (primary N) is 1. The molecule has 1 unspecified atom stereocenters. The number of H-pyrrole nitrogens is 1. The number of nitrogens with one attached hydrogen (secondary N) is 1. The van der Waals surface area contributed by atoms with E-state index in [1.165, 1.54) is 12.0 Å². The smallest absolute Gasteiger partial charge is 0.387 e. The first-order valence-electron chi connectivity index (χ1n) is 8.31. The van der Waals surface area contributed by atoms with Crippen LogP contribution in [0, 0.1) is 0 Å². The van der Waals surface area contributed by atoms with Crippen LogP contribution in [0.15, 0.2) is 4.79 Å². The van der Waals surface area contributed by atoms with E-state index in [1.54, 1.807) is 11.9 Å². The first kappa shape index (κ1) is 23.5. The molecule has 170 valence electrons. The minimum absolute atomic E-state index is 0.123. The van der Waals surface area contributed by atoms with Crippen LogP contribution < -0.4 is 21.1 Å². The Morgan fingerprint density at radius 3 is 2.67 bits per heavy atom. The van der Waals surface area contributed by atoms with Gasteiger partial charge in [0, 0.05) is 14.2 Å². The number of rotatable bonds is 7. The van der Waals surface area contributed by atoms with Gasteiger partial charge in [-0.25, -0.2) is 9.13 Å². The molecule has 1 aromatic heterocycles. The third-order valence-electron chi connectivity index (χ3n) is 4.42. The zero-order valence-corrected chi connectivity index (χ0v) is 18.3. The first-order valence-corrected chi connectivity index (χ1v) is 13.5. The van der Waals surface area contributed by atoms with E-state index in [4.69, 9.17) is 29.5 Å². The fraction of sp³-hybridized carbons (Fsp3) is 0.667. The lowest BCUT2D eigenvalue weighted by Gasteiger charge is -2.29. The molecule has 0 spiro atoms. The number of methoxy groups -OCH3 is 1. The monoisotopic (exact) mass is 489 g/mol. The number of aromatic amines is 1. The largest absolute Gasteiger partial charge is 0.397 e. The number of fused-ring (bicyclic) bond motifs is 1. The summed E-state index contributed by atoms with van der Waals surface area (Å²) in [5, 5.41) is 10.5. The quantitative estimate of drug-likeness (QED) is 0.243. The lowest BCUT2D eigenvalue weighted by atomic mass is 10.1. The predicted molar refractivity (Wildman–Crippen MR) is 106 cm³/mol. The summed E-state index contributed by atoms with van der Waals surface area (Å²) in [5.41, 5.74) is 5.39. The average molecular weight is 489 g/mol. The van der Waals surface area contributed by atoms with Crippen molar-refractivity contribution >= 4 is 42.1 Å². The minimum Gasteiger partial charge on any atom is -0.387 e. The number of anilines is 3. The Morgan fingerprint density at radius 2 is 2.07 bits per heavy atom. The second-order valence-electron chi connectivity index (χ2n) is 6.53. The third kappa shape index (κ3) is 4.83. The molecule has 3 rings (SSSR count). The highest BCUT2D eigenvalue weighted by atomic mass is 33.1. The topological polar surface area (TPSA) is 221 Å². The second-order valence-corrected chi connectivity index (χ2v) is 13.6. The van der Waals surface area contributed by atoms with Gasteiger partial charge in [-0.1, -0.05) is 0 Å². The van der Waals surface area contributed by atoms with E-state index < -0.39 is 61.3 Å². The molecule has 2 aliphatic heterocycles. The molecule has 3 heterocycles. The molecule has 0 bridgehead atoms. The highest BCUT2D eigenvalue weighted by Crippen LogP contribution is 2.72. The fourth-order valence-electron chi connectivity index (χ4n) is 3.27. The van der Waals surface area contributed by atoms with E-state index in [1.807, 2.05) is 0 Å². The highest BCUT2D eigenvalue weighted by molar-refractivity contribution is 8.84. The summed E-state index contributed by atoms with van der Waals surface area (Å²) >= 11 is -0.522. The van der Waals surface area contributed by atoms with Crippen molar-refractivity contribution in [3.8, 4) is 0 Å². The van der Waals surface area contributed by atoms with Crippen LogP contribution in [0.3, 0.4) is 0 Å². The van der Waals surface area contributed by atoms with E-state index in [2.05, 4.69) is 9.97 Å². The molecule has 15 nitrogen and oxygen atoms in total. The van der Waals surface area contributed by atoms with Crippen molar-refractivity contribution in [3.05, 3.63) is 10.4 Å². The van der Waals surface area contributed by atoms with E-state index in [9.17, 15) is 23.9 Å². The number of hydrogen-bond donors (Lipinski definition) is 6. The Morgan fingerprint density at radius 1 is 1.40 bits per heavy atom. The molecule has 1 aromatic rings. The Kier molecular flexibility index (Phi) is 6.56. The van der Waals surface area contributed by atoms with Crippen LogP contribution in [0.1, 0.15) is 0 Å². The van der Waals surface area contributed by atoms with Gasteiger partial charge in [0.2, 0.25) is 5.95 Å². The van der Waals surface area contributed by atoms with Gasteiger partial charge in [0.1, 0.15) is 24.0 Å². The fourth-order valence-corrected chi connectivity index (χ4v) is 7.90. The van der Waals surface area contributed by atoms with Gasteiger partial charge in [-0.2, -0.15) is 4.98 Å². The molecule has 0 saturated carbocycles. The summed E-state index contributed by atoms with van der Waals surface area (Å²) in [5.74, 6) is 0.0755. The van der Waals surface area contributed by atoms with E-state index >= 15 is 0 Å². The number of nitrogen functional groups attached to an aromatic ring is 1. The van der Waals surface area contributed by atoms with Crippen LogP contribution in [0.25, 0.3) is 0 Å². The van der Waals surface area contributed by atoms with Gasteiger partial charge in [-0.15, -0.1) is 0 Å². The van der Waals surface area contributed by atoms with E-state index in [0.29, 0.717) is 0 Å². The Bertz CT molecular complexity index is 958. The zero-order chi connectivity index (χ0) is 22.4. The van der Waals surface area contributed by atoms with Gasteiger partial charge in [0.15, 0.2) is 12.0 Å². The molecule has 0 amide bonds. The molecule has 0 aliphatic carbocycles. The van der Waals surface area contributed by atoms with Crippen molar-refractivity contribution in [1.29, 1.82) is 0 Å². The molecule has 0 aromatic carbocycles. The Balaban J connectivity index is 1.79. The maximum atomic E-state index is 12.2. The first-order chi connectivity index (χ1) is 13.8. The molecular formula is C12H21N5O10P2S. The van der Waals surface area contributed by atoms with Gasteiger partial charge < -0.3 is 44.8 Å². The molecule has 18 heteroatoms. The van der Waals surface area contributed by atoms with Crippen molar-refractivity contribution in [3.63, 3.8) is 0 Å². The van der Waals surface area contributed by atoms with Gasteiger partial charge in [0.25, 0.3) is 5.56 Å². The molecule has 1 fully saturated rings. The normalized spacial score (nSPS) is 28.6. The van der Waals surface area contributed by atoms with Crippen molar-refractivity contribution in [2.75, 3.05) is 43.0 Å². The van der Waals surface area contributed by atoms with Crippen molar-refractivity contribution in [1.82, 2.24) is 9.97 Å². The van der Waals surface area contributed by atoms with Crippen molar-refractivity contribution in [2.24, 2.45) is 0 Å². The van der Waals surface area contributed by atoms with Crippen LogP contribution in [0.2, 0.25) is 0 Å². The van der Waals surface area contributed by atoms with Crippen LogP contribution in [-0.2, 0) is 23.1 Å². The molecule has 30 heavy (non-hydrogen) atoms. The second kappa shape index (κ2) is 8.39. The van der Waals surface area contributed by atoms with E-state index in [0.717, 1.165) is 0 Å². The molecule has 0 radical (unpaired) electrons. The van der Waals surface area contributed by atoms with Gasteiger partial charge in [-0.3, -0.25) is 14.3 Å². The maximum Gasteiger partial charge on any atom is 0.397 e. The van der Waals surface area contributed by atoms with Gasteiger partial charge in [-0.05, 0) is 0 Å². The lowest BCUT2D eigenvalue weighted by Crippen LogP contribution is -2.46. The average Bonchev–Trinajstić information content (AvgIpc) is 3.07. The highest BCUT2D eigenvalue weighted by Gasteiger charge is 2.50. The molecule has 7 N–H and O–H groups in total. The number of hydrogen-bond acceptors (Lipinski definition) is 12. The van der Waals surface area contributed by atoms with Crippen LogP contribution in [0.5, 0.6) is 0 Å². The van der Waals surface area contributed by atoms with Crippen LogP contribution in [0.4, 0.5) is 17.5 Å². The molecule has 5 atom stereocenters. The van der Waals surface area contributed by atoms with Crippen molar-refractivity contribution < 1.29 is 42.9 Å². The van der Waals surface area contributed by atoms with Crippen molar-refractivity contribution in [2.45, 2.75) is 24.5 Å². The van der Waals surface area contributed by atoms with E-state index in [-0.39, 0.29) is 24.1 Å². The summed E-state index contributed by atoms with van der Waals surface area (Å²) in [4.78, 5) is 49.1. The summed E-state index contributed by atoms with van der Waals surface area (Å²) in [6.07, 6.45) is -4.43. The summed E-state index contributed by atoms with van der Waals surface area (Å²) in [7, 11) is 2.95. The lowest BCUT2D eigenvalue weighted by molar-refractivity contribution is -0.0182. The molecule has 1 saturated heterocycles. The van der Waals surface area contributed by atoms with Crippen LogP contribution >= 0.6 is 24.6 Å². The maximum absolute atomic E-state index is 12.2. The number of aromatic nitrogens is 2. The standard InChI is InChI=1S/C12H21N5O10P2S/c1-16-4-17(9-6(16)10(19)15-12(13)14-9)11-8(25-2)7(18)5(27-11)3-26-29(23,24)30-28(20,21)22/h5,7-8,11,18H,3-4H2,1-2H3,(H,23,24)(H2,20,21,22)(H3,13,14,15,19)/t5-,7-,8-,11-/m1/s1. The third-order valence-corrected chi connectivity index (χ3v) is 10.7. The molecule has 2 aliphatic rings. The van der Waals surface area contributed by atoms with Crippen LogP contribution in [-0.4, -0.2) is 81.7 Å². The van der Waals surface area contributed by atoms with Gasteiger partial charge >= 0.3 is 13.6 Å². The number of nitrogens with zero attached hydrogens (tertiary/aromatic N) is 3. The minimum atomic E-state index is -4.88. The van der Waals surface area contributed by atoms with Gasteiger partial charge in [0.05, 0.1) is 24.3 Å². The predicted octanol–water partition coefficient (Wildman–Crippen LogP) is -1.39. The Hall–Kier alpha value is -1.19. The summed E-state index contributed by atoms with van der Waals surface area (Å²) < 4.78 is 38.5. The summed E-state index contributed by atoms with van der Waals surface area (Å²) in [6, 6.07) is 0. The zero-order valence-electron chi connectivity index (χ0n) is 15.7. The number of aliphatic hydroxyl groups is 1. The number of ether oxygens (including phenoxy) is 2.